The van der Waals surface area contributed by atoms with E-state index in [1.54, 1.807) is 11.9 Å². The second-order valence-electron chi connectivity index (χ2n) is 5.25. The number of aromatic amines is 1. The first-order valence-corrected chi connectivity index (χ1v) is 6.38. The molecule has 18 heavy (non-hydrogen) atoms. The van der Waals surface area contributed by atoms with Crippen molar-refractivity contribution in [1.82, 2.24) is 14.9 Å². The monoisotopic (exact) mass is 245 g/mol. The number of aryl methyl sites for hydroxylation is 1. The molecular formula is C12H15N5O. The Morgan fingerprint density at radius 1 is 1.39 bits per heavy atom. The summed E-state index contributed by atoms with van der Waals surface area (Å²) in [6.45, 7) is 1.88. The zero-order valence-electron chi connectivity index (χ0n) is 10.5. The summed E-state index contributed by atoms with van der Waals surface area (Å²) in [6.07, 6.45) is 3.45. The number of anilines is 1. The van der Waals surface area contributed by atoms with Crippen LogP contribution >= 0.6 is 0 Å². The number of carbonyl (C=O) groups is 1. The highest BCUT2D eigenvalue weighted by molar-refractivity contribution is 6.18. The van der Waals surface area contributed by atoms with E-state index >= 15 is 0 Å². The average Bonchev–Trinajstić information content (AvgIpc) is 2.98. The minimum atomic E-state index is -0.0411. The zero-order chi connectivity index (χ0) is 12.4. The number of fused-ring (bicyclic) bond motifs is 5. The maximum atomic E-state index is 12.2. The molecule has 94 valence electrons. The Kier molecular flexibility index (Phi) is 1.76. The predicted octanol–water partition coefficient (Wildman–Crippen LogP) is 0.901. The second-order valence-corrected chi connectivity index (χ2v) is 5.25. The molecule has 0 radical (unpaired) electrons. The number of carbonyl (C=O) groups excluding carboxylic acids is 1. The molecule has 1 N–H and O–H groups in total. The molecule has 0 saturated heterocycles. The van der Waals surface area contributed by atoms with Gasteiger partial charge in [-0.15, -0.1) is 0 Å². The van der Waals surface area contributed by atoms with Crippen molar-refractivity contribution in [2.75, 3.05) is 11.9 Å². The zero-order valence-corrected chi connectivity index (χ0v) is 10.5. The lowest BCUT2D eigenvalue weighted by molar-refractivity contribution is 0.0860. The standard InChI is InChI=1S/C12H15N5O/c1-6-13-9-10(14-6)17-8-5-3-4-7(8)15-12(17)16(2)11(9)18/h7-8H,3-5H2,1-2H3,(H,13,14)/t7-,8+/m0/s1. The third-order valence-electron chi connectivity index (χ3n) is 4.12. The summed E-state index contributed by atoms with van der Waals surface area (Å²) in [5.74, 6) is 2.28. The van der Waals surface area contributed by atoms with E-state index in [0.717, 1.165) is 30.4 Å². The smallest absolute Gasteiger partial charge is 0.280 e. The fourth-order valence-corrected chi connectivity index (χ4v) is 3.29. The molecule has 0 bridgehead atoms. The van der Waals surface area contributed by atoms with Crippen LogP contribution in [0.2, 0.25) is 0 Å². The van der Waals surface area contributed by atoms with E-state index < -0.39 is 0 Å². The summed E-state index contributed by atoms with van der Waals surface area (Å²) in [6, 6.07) is 0.718. The molecule has 3 aliphatic rings. The number of hydrogen-bond donors (Lipinski definition) is 1. The third-order valence-corrected chi connectivity index (χ3v) is 4.12. The van der Waals surface area contributed by atoms with Crippen molar-refractivity contribution < 1.29 is 4.79 Å². The van der Waals surface area contributed by atoms with Crippen molar-refractivity contribution in [2.45, 2.75) is 38.3 Å². The molecule has 3 heterocycles. The van der Waals surface area contributed by atoms with Crippen LogP contribution in [-0.4, -0.2) is 45.9 Å². The minimum absolute atomic E-state index is 0.0411. The Hall–Kier alpha value is -1.85. The SMILES string of the molecule is Cc1nc2c([nH]1)C(=O)N(C)C1=N[C@H]3CCC[C@H]3N12. The molecule has 1 saturated carbocycles. The quantitative estimate of drug-likeness (QED) is 0.738. The highest BCUT2D eigenvalue weighted by Crippen LogP contribution is 2.39. The summed E-state index contributed by atoms with van der Waals surface area (Å²) < 4.78 is 0. The van der Waals surface area contributed by atoms with Crippen molar-refractivity contribution in [2.24, 2.45) is 4.99 Å². The van der Waals surface area contributed by atoms with Crippen molar-refractivity contribution in [3.05, 3.63) is 11.5 Å². The second kappa shape index (κ2) is 3.13. The predicted molar refractivity (Wildman–Crippen MR) is 66.8 cm³/mol. The summed E-state index contributed by atoms with van der Waals surface area (Å²) in [5, 5.41) is 0. The van der Waals surface area contributed by atoms with E-state index in [4.69, 9.17) is 4.99 Å². The largest absolute Gasteiger partial charge is 0.336 e. The molecule has 1 amide bonds. The molecule has 4 rings (SSSR count). The van der Waals surface area contributed by atoms with Crippen LogP contribution in [-0.2, 0) is 0 Å². The summed E-state index contributed by atoms with van der Waals surface area (Å²) in [5.41, 5.74) is 0.599. The number of hydrogen-bond acceptors (Lipinski definition) is 4. The van der Waals surface area contributed by atoms with E-state index in [2.05, 4.69) is 14.9 Å². The summed E-state index contributed by atoms with van der Waals surface area (Å²) in [4.78, 5) is 28.3. The van der Waals surface area contributed by atoms with Gasteiger partial charge in [-0.1, -0.05) is 0 Å². The van der Waals surface area contributed by atoms with Crippen LogP contribution in [0, 0.1) is 6.92 Å². The third kappa shape index (κ3) is 1.06. The van der Waals surface area contributed by atoms with Crippen LogP contribution < -0.4 is 4.90 Å². The van der Waals surface area contributed by atoms with Crippen LogP contribution in [0.3, 0.4) is 0 Å². The van der Waals surface area contributed by atoms with E-state index in [1.165, 1.54) is 6.42 Å². The Morgan fingerprint density at radius 2 is 2.22 bits per heavy atom. The fraction of sp³-hybridized carbons (Fsp3) is 0.583. The molecule has 1 aromatic rings. The van der Waals surface area contributed by atoms with E-state index in [-0.39, 0.29) is 5.91 Å². The molecular weight excluding hydrogens is 230 g/mol. The van der Waals surface area contributed by atoms with Crippen molar-refractivity contribution >= 4 is 17.7 Å². The van der Waals surface area contributed by atoms with Gasteiger partial charge in [0.1, 0.15) is 11.5 Å². The summed E-state index contributed by atoms with van der Waals surface area (Å²) in [7, 11) is 1.79. The van der Waals surface area contributed by atoms with Gasteiger partial charge in [0.05, 0.1) is 12.1 Å². The van der Waals surface area contributed by atoms with E-state index in [1.807, 2.05) is 6.92 Å². The fourth-order valence-electron chi connectivity index (χ4n) is 3.29. The maximum Gasteiger partial charge on any atom is 0.280 e. The summed E-state index contributed by atoms with van der Waals surface area (Å²) >= 11 is 0. The van der Waals surface area contributed by atoms with Crippen LogP contribution in [0.4, 0.5) is 5.82 Å². The van der Waals surface area contributed by atoms with Crippen molar-refractivity contribution in [1.29, 1.82) is 0 Å². The van der Waals surface area contributed by atoms with E-state index in [9.17, 15) is 4.79 Å². The van der Waals surface area contributed by atoms with E-state index in [0.29, 0.717) is 17.8 Å². The molecule has 1 aliphatic carbocycles. The number of rotatable bonds is 0. The highest BCUT2D eigenvalue weighted by atomic mass is 16.2. The number of guanidine groups is 1. The average molecular weight is 245 g/mol. The molecule has 0 unspecified atom stereocenters. The van der Waals surface area contributed by atoms with Crippen molar-refractivity contribution in [3.63, 3.8) is 0 Å². The minimum Gasteiger partial charge on any atom is -0.336 e. The number of nitrogens with zero attached hydrogens (tertiary/aromatic N) is 4. The number of aromatic nitrogens is 2. The molecule has 0 spiro atoms. The first-order chi connectivity index (χ1) is 8.66. The molecule has 1 aromatic heterocycles. The molecule has 2 atom stereocenters. The number of nitrogens with one attached hydrogen (secondary N) is 1. The number of imidazole rings is 1. The van der Waals surface area contributed by atoms with Gasteiger partial charge in [-0.05, 0) is 26.2 Å². The van der Waals surface area contributed by atoms with Gasteiger partial charge in [0.2, 0.25) is 5.96 Å². The molecule has 0 aromatic carbocycles. The Balaban J connectivity index is 1.92. The molecule has 6 heteroatoms. The molecule has 1 fully saturated rings. The van der Waals surface area contributed by atoms with Gasteiger partial charge in [-0.25, -0.2) is 9.98 Å². The van der Waals surface area contributed by atoms with Gasteiger partial charge in [0.25, 0.3) is 5.91 Å². The Morgan fingerprint density at radius 3 is 3.06 bits per heavy atom. The molecule has 2 aliphatic heterocycles. The first kappa shape index (κ1) is 10.1. The lowest BCUT2D eigenvalue weighted by Crippen LogP contribution is -2.51. The lowest BCUT2D eigenvalue weighted by Gasteiger charge is -2.33. The Labute approximate surface area is 105 Å². The van der Waals surface area contributed by atoms with Crippen LogP contribution in [0.5, 0.6) is 0 Å². The van der Waals surface area contributed by atoms with Gasteiger partial charge in [-0.3, -0.25) is 14.6 Å². The Bertz CT molecular complexity index is 575. The topological polar surface area (TPSA) is 64.6 Å². The maximum absolute atomic E-state index is 12.2. The van der Waals surface area contributed by atoms with Gasteiger partial charge in [0.15, 0.2) is 5.82 Å². The first-order valence-electron chi connectivity index (χ1n) is 6.38. The molecule has 6 nitrogen and oxygen atoms in total. The van der Waals surface area contributed by atoms with Crippen LogP contribution in [0.1, 0.15) is 35.6 Å². The normalized spacial score (nSPS) is 29.2. The van der Waals surface area contributed by atoms with Gasteiger partial charge in [-0.2, -0.15) is 0 Å². The number of aliphatic imine (C=N–C) groups is 1. The van der Waals surface area contributed by atoms with Gasteiger partial charge < -0.3 is 4.98 Å². The van der Waals surface area contributed by atoms with Crippen LogP contribution in [0.25, 0.3) is 0 Å². The lowest BCUT2D eigenvalue weighted by atomic mass is 10.1. The van der Waals surface area contributed by atoms with Crippen LogP contribution in [0.15, 0.2) is 4.99 Å². The number of amides is 1. The van der Waals surface area contributed by atoms with Gasteiger partial charge >= 0.3 is 0 Å². The number of H-pyrrole nitrogens is 1. The highest BCUT2D eigenvalue weighted by Gasteiger charge is 2.47. The van der Waals surface area contributed by atoms with Gasteiger partial charge in [0, 0.05) is 7.05 Å². The van der Waals surface area contributed by atoms with Crippen molar-refractivity contribution in [3.8, 4) is 0 Å².